The Balaban J connectivity index is 1.96. The van der Waals surface area contributed by atoms with Crippen molar-refractivity contribution in [1.82, 2.24) is 10.4 Å². The number of carbonyl (C=O) groups is 2. The standard InChI is InChI=1S/C21H24BrFN2O5/c1-14(2)25(20(26)13-30-19-9-6-16(23)12-18(19)22)24-21(27)15-4-7-17(8-5-15)29-11-10-28-3/h4-9,12,14H,10-11,13H2,1-3H3,(H,24,27). The van der Waals surface area contributed by atoms with Gasteiger partial charge in [-0.3, -0.25) is 15.0 Å². The smallest absolute Gasteiger partial charge is 0.279 e. The van der Waals surface area contributed by atoms with Gasteiger partial charge in [-0.25, -0.2) is 9.40 Å². The van der Waals surface area contributed by atoms with E-state index in [1.165, 1.54) is 23.2 Å². The highest BCUT2D eigenvalue weighted by atomic mass is 79.9. The fraction of sp³-hybridized carbons (Fsp3) is 0.333. The van der Waals surface area contributed by atoms with Crippen molar-refractivity contribution in [2.45, 2.75) is 19.9 Å². The van der Waals surface area contributed by atoms with Crippen molar-refractivity contribution < 1.29 is 28.2 Å². The van der Waals surface area contributed by atoms with E-state index >= 15 is 0 Å². The Hall–Kier alpha value is -2.65. The summed E-state index contributed by atoms with van der Waals surface area (Å²) in [7, 11) is 1.59. The third-order valence-electron chi connectivity index (χ3n) is 3.92. The molecule has 0 unspecified atom stereocenters. The molecule has 0 radical (unpaired) electrons. The van der Waals surface area contributed by atoms with Gasteiger partial charge in [0, 0.05) is 18.7 Å². The highest BCUT2D eigenvalue weighted by Gasteiger charge is 2.21. The number of rotatable bonds is 9. The quantitative estimate of drug-likeness (QED) is 0.436. The molecular weight excluding hydrogens is 459 g/mol. The SMILES string of the molecule is COCCOc1ccc(C(=O)NN(C(=O)COc2ccc(F)cc2Br)C(C)C)cc1. The van der Waals surface area contributed by atoms with Crippen molar-refractivity contribution in [2.75, 3.05) is 26.9 Å². The van der Waals surface area contributed by atoms with Crippen LogP contribution in [0.25, 0.3) is 0 Å². The minimum atomic E-state index is -0.450. The van der Waals surface area contributed by atoms with Crippen LogP contribution in [0.3, 0.4) is 0 Å². The molecule has 2 aromatic carbocycles. The summed E-state index contributed by atoms with van der Waals surface area (Å²) in [4.78, 5) is 25.1. The molecule has 1 N–H and O–H groups in total. The molecule has 7 nitrogen and oxygen atoms in total. The number of halogens is 2. The van der Waals surface area contributed by atoms with E-state index in [1.54, 1.807) is 45.2 Å². The molecule has 30 heavy (non-hydrogen) atoms. The number of nitrogens with zero attached hydrogens (tertiary/aromatic N) is 1. The fourth-order valence-corrected chi connectivity index (χ4v) is 2.87. The second-order valence-electron chi connectivity index (χ2n) is 6.53. The summed E-state index contributed by atoms with van der Waals surface area (Å²) >= 11 is 3.18. The van der Waals surface area contributed by atoms with Crippen LogP contribution in [-0.4, -0.2) is 49.8 Å². The van der Waals surface area contributed by atoms with Crippen molar-refractivity contribution in [2.24, 2.45) is 0 Å². The number of benzene rings is 2. The molecule has 2 rings (SSSR count). The van der Waals surface area contributed by atoms with Crippen LogP contribution in [0.5, 0.6) is 11.5 Å². The van der Waals surface area contributed by atoms with Crippen LogP contribution >= 0.6 is 15.9 Å². The fourth-order valence-electron chi connectivity index (χ4n) is 2.40. The molecule has 0 aliphatic heterocycles. The second-order valence-corrected chi connectivity index (χ2v) is 7.38. The normalized spacial score (nSPS) is 10.6. The monoisotopic (exact) mass is 482 g/mol. The lowest BCUT2D eigenvalue weighted by atomic mass is 10.2. The number of ether oxygens (including phenoxy) is 3. The molecule has 0 saturated heterocycles. The van der Waals surface area contributed by atoms with Crippen LogP contribution in [0.1, 0.15) is 24.2 Å². The van der Waals surface area contributed by atoms with Gasteiger partial charge in [-0.2, -0.15) is 0 Å². The van der Waals surface area contributed by atoms with Gasteiger partial charge < -0.3 is 14.2 Å². The first-order valence-corrected chi connectivity index (χ1v) is 10.0. The third-order valence-corrected chi connectivity index (χ3v) is 4.54. The van der Waals surface area contributed by atoms with E-state index < -0.39 is 17.6 Å². The lowest BCUT2D eigenvalue weighted by molar-refractivity contribution is -0.137. The summed E-state index contributed by atoms with van der Waals surface area (Å²) in [6, 6.07) is 10.1. The minimum absolute atomic E-state index is 0.307. The van der Waals surface area contributed by atoms with Crippen LogP contribution in [-0.2, 0) is 9.53 Å². The van der Waals surface area contributed by atoms with E-state index in [0.29, 0.717) is 34.7 Å². The van der Waals surface area contributed by atoms with E-state index in [1.807, 2.05) is 0 Å². The van der Waals surface area contributed by atoms with Gasteiger partial charge in [0.15, 0.2) is 6.61 Å². The molecule has 2 aromatic rings. The van der Waals surface area contributed by atoms with E-state index in [4.69, 9.17) is 14.2 Å². The zero-order valence-corrected chi connectivity index (χ0v) is 18.6. The molecule has 0 aliphatic rings. The van der Waals surface area contributed by atoms with Gasteiger partial charge >= 0.3 is 0 Å². The molecule has 9 heteroatoms. The molecule has 2 amide bonds. The van der Waals surface area contributed by atoms with E-state index in [9.17, 15) is 14.0 Å². The molecular formula is C21H24BrFN2O5. The Morgan fingerprint density at radius 2 is 1.80 bits per heavy atom. The molecule has 0 aliphatic carbocycles. The van der Waals surface area contributed by atoms with Crippen LogP contribution in [0.2, 0.25) is 0 Å². The number of hydrazine groups is 1. The van der Waals surface area contributed by atoms with Crippen LogP contribution in [0.15, 0.2) is 46.9 Å². The number of nitrogens with one attached hydrogen (secondary N) is 1. The molecule has 162 valence electrons. The van der Waals surface area contributed by atoms with Crippen LogP contribution in [0, 0.1) is 5.82 Å². The lowest BCUT2D eigenvalue weighted by Crippen LogP contribution is -2.51. The number of methoxy groups -OCH3 is 1. The van der Waals surface area contributed by atoms with Crippen molar-refractivity contribution in [3.8, 4) is 11.5 Å². The van der Waals surface area contributed by atoms with Crippen molar-refractivity contribution in [3.63, 3.8) is 0 Å². The molecule has 0 spiro atoms. The topological polar surface area (TPSA) is 77.1 Å². The Labute approximate surface area is 183 Å². The Kier molecular flexibility index (Phi) is 9.07. The summed E-state index contributed by atoms with van der Waals surface area (Å²) in [5.74, 6) is -0.383. The van der Waals surface area contributed by atoms with Crippen molar-refractivity contribution in [3.05, 3.63) is 58.3 Å². The van der Waals surface area contributed by atoms with Gasteiger partial charge in [0.2, 0.25) is 0 Å². The van der Waals surface area contributed by atoms with Crippen LogP contribution in [0.4, 0.5) is 4.39 Å². The van der Waals surface area contributed by atoms with Gasteiger partial charge in [-0.1, -0.05) is 0 Å². The van der Waals surface area contributed by atoms with Gasteiger partial charge in [0.1, 0.15) is 23.9 Å². The van der Waals surface area contributed by atoms with Crippen molar-refractivity contribution in [1.29, 1.82) is 0 Å². The highest BCUT2D eigenvalue weighted by molar-refractivity contribution is 9.10. The second kappa shape index (κ2) is 11.5. The number of hydrogen-bond donors (Lipinski definition) is 1. The largest absolute Gasteiger partial charge is 0.491 e. The first-order valence-electron chi connectivity index (χ1n) is 9.24. The third kappa shape index (κ3) is 7.00. The van der Waals surface area contributed by atoms with Gasteiger partial charge in [-0.15, -0.1) is 0 Å². The number of hydrogen-bond acceptors (Lipinski definition) is 5. The maximum absolute atomic E-state index is 13.2. The van der Waals surface area contributed by atoms with Crippen molar-refractivity contribution >= 4 is 27.7 Å². The first kappa shape index (κ1) is 23.6. The molecule has 0 bridgehead atoms. The Morgan fingerprint density at radius 3 is 2.40 bits per heavy atom. The predicted molar refractivity (Wildman–Crippen MR) is 113 cm³/mol. The summed E-state index contributed by atoms with van der Waals surface area (Å²) in [6.45, 7) is 4.07. The number of carbonyl (C=O) groups excluding carboxylic acids is 2. The minimum Gasteiger partial charge on any atom is -0.491 e. The van der Waals surface area contributed by atoms with Gasteiger partial charge in [0.05, 0.1) is 11.1 Å². The predicted octanol–water partition coefficient (Wildman–Crippen LogP) is 3.57. The summed E-state index contributed by atoms with van der Waals surface area (Å²) < 4.78 is 29.4. The summed E-state index contributed by atoms with van der Waals surface area (Å²) in [5, 5.41) is 1.20. The van der Waals surface area contributed by atoms with Gasteiger partial charge in [-0.05, 0) is 72.2 Å². The van der Waals surface area contributed by atoms with E-state index in [0.717, 1.165) is 0 Å². The molecule has 0 saturated carbocycles. The molecule has 0 atom stereocenters. The molecule has 0 fully saturated rings. The average molecular weight is 483 g/mol. The Bertz CT molecular complexity index is 861. The molecule has 0 heterocycles. The van der Waals surface area contributed by atoms with E-state index in [-0.39, 0.29) is 12.6 Å². The van der Waals surface area contributed by atoms with Gasteiger partial charge in [0.25, 0.3) is 11.8 Å². The average Bonchev–Trinajstić information content (AvgIpc) is 2.71. The number of amides is 2. The zero-order valence-electron chi connectivity index (χ0n) is 17.0. The first-order chi connectivity index (χ1) is 14.3. The van der Waals surface area contributed by atoms with Crippen LogP contribution < -0.4 is 14.9 Å². The van der Waals surface area contributed by atoms with E-state index in [2.05, 4.69) is 21.4 Å². The highest BCUT2D eigenvalue weighted by Crippen LogP contribution is 2.25. The zero-order chi connectivity index (χ0) is 22.1. The lowest BCUT2D eigenvalue weighted by Gasteiger charge is -2.27. The maximum Gasteiger partial charge on any atom is 0.279 e. The Morgan fingerprint density at radius 1 is 1.10 bits per heavy atom. The maximum atomic E-state index is 13.2. The molecule has 0 aromatic heterocycles. The summed E-state index contributed by atoms with van der Waals surface area (Å²) in [6.07, 6.45) is 0. The summed E-state index contributed by atoms with van der Waals surface area (Å²) in [5.41, 5.74) is 2.97.